The lowest BCUT2D eigenvalue weighted by Crippen LogP contribution is -2.33. The average molecular weight is 209 g/mol. The summed E-state index contributed by atoms with van der Waals surface area (Å²) in [6, 6.07) is 7.60. The monoisotopic (exact) mass is 209 g/mol. The molecule has 1 fully saturated rings. The van der Waals surface area contributed by atoms with Crippen LogP contribution in [0, 0.1) is 0 Å². The zero-order chi connectivity index (χ0) is 10.0. The van der Waals surface area contributed by atoms with E-state index in [-0.39, 0.29) is 4.87 Å². The third kappa shape index (κ3) is 1.51. The Bertz CT molecular complexity index is 321. The summed E-state index contributed by atoms with van der Waals surface area (Å²) in [5.41, 5.74) is 1.02. The van der Waals surface area contributed by atoms with E-state index in [1.165, 1.54) is 0 Å². The topological polar surface area (TPSA) is 32.3 Å². The molecule has 14 heavy (non-hydrogen) atoms. The molecule has 1 aliphatic heterocycles. The molecule has 3 heteroatoms. The molecule has 2 rings (SSSR count). The standard InChI is InChI=1S/C11H15NOS/c1-2-11(12-7-8-14-11)9-5-3-4-6-10(9)13/h3-6,12-13H,2,7-8H2,1H3. The van der Waals surface area contributed by atoms with E-state index in [0.717, 1.165) is 24.3 Å². The van der Waals surface area contributed by atoms with E-state index in [2.05, 4.69) is 12.2 Å². The normalized spacial score (nSPS) is 26.6. The SMILES string of the molecule is CCC1(c2ccccc2O)NCCS1. The number of aromatic hydroxyl groups is 1. The maximum atomic E-state index is 9.81. The lowest BCUT2D eigenvalue weighted by Gasteiger charge is -2.28. The van der Waals surface area contributed by atoms with Crippen LogP contribution in [-0.4, -0.2) is 17.4 Å². The third-order valence-electron chi connectivity index (χ3n) is 2.70. The number of phenols is 1. The molecule has 1 atom stereocenters. The molecule has 0 radical (unpaired) electrons. The lowest BCUT2D eigenvalue weighted by molar-refractivity contribution is 0.434. The van der Waals surface area contributed by atoms with Crippen LogP contribution in [0.5, 0.6) is 5.75 Å². The molecule has 0 bridgehead atoms. The first kappa shape index (κ1) is 9.87. The van der Waals surface area contributed by atoms with Crippen LogP contribution < -0.4 is 5.32 Å². The smallest absolute Gasteiger partial charge is 0.121 e. The molecule has 2 N–H and O–H groups in total. The fraction of sp³-hybridized carbons (Fsp3) is 0.455. The van der Waals surface area contributed by atoms with Gasteiger partial charge < -0.3 is 5.11 Å². The molecule has 0 spiro atoms. The summed E-state index contributed by atoms with van der Waals surface area (Å²) in [5, 5.41) is 13.3. The number of hydrogen-bond donors (Lipinski definition) is 2. The Kier molecular flexibility index (Phi) is 2.70. The van der Waals surface area contributed by atoms with Crippen molar-refractivity contribution >= 4 is 11.8 Å². The number of para-hydroxylation sites is 1. The van der Waals surface area contributed by atoms with Crippen molar-refractivity contribution in [1.82, 2.24) is 5.32 Å². The Labute approximate surface area is 88.7 Å². The Balaban J connectivity index is 2.41. The first-order chi connectivity index (χ1) is 6.78. The van der Waals surface area contributed by atoms with Crippen LogP contribution in [0.2, 0.25) is 0 Å². The Morgan fingerprint density at radius 1 is 1.50 bits per heavy atom. The van der Waals surface area contributed by atoms with E-state index in [1.54, 1.807) is 6.07 Å². The molecule has 0 amide bonds. The fourth-order valence-corrected chi connectivity index (χ4v) is 3.22. The Morgan fingerprint density at radius 3 is 2.86 bits per heavy atom. The van der Waals surface area contributed by atoms with Gasteiger partial charge in [0.05, 0.1) is 4.87 Å². The molecule has 1 heterocycles. The van der Waals surface area contributed by atoms with Crippen LogP contribution in [0.25, 0.3) is 0 Å². The van der Waals surface area contributed by atoms with E-state index >= 15 is 0 Å². The molecular weight excluding hydrogens is 194 g/mol. The average Bonchev–Trinajstić information content (AvgIpc) is 2.68. The molecule has 1 unspecified atom stereocenters. The van der Waals surface area contributed by atoms with Crippen molar-refractivity contribution < 1.29 is 5.11 Å². The van der Waals surface area contributed by atoms with Crippen LogP contribution in [-0.2, 0) is 4.87 Å². The second-order valence-corrected chi connectivity index (χ2v) is 4.87. The summed E-state index contributed by atoms with van der Waals surface area (Å²) in [7, 11) is 0. The molecule has 1 saturated heterocycles. The van der Waals surface area contributed by atoms with Crippen LogP contribution in [0.3, 0.4) is 0 Å². The number of hydrogen-bond acceptors (Lipinski definition) is 3. The first-order valence-corrected chi connectivity index (χ1v) is 5.94. The van der Waals surface area contributed by atoms with Gasteiger partial charge in [-0.05, 0) is 12.5 Å². The molecule has 76 valence electrons. The fourth-order valence-electron chi connectivity index (χ4n) is 1.93. The summed E-state index contributed by atoms with van der Waals surface area (Å²) in [4.78, 5) is -0.0641. The van der Waals surface area contributed by atoms with Gasteiger partial charge in [-0.3, -0.25) is 5.32 Å². The second-order valence-electron chi connectivity index (χ2n) is 3.47. The van der Waals surface area contributed by atoms with Crippen molar-refractivity contribution in [3.05, 3.63) is 29.8 Å². The summed E-state index contributed by atoms with van der Waals surface area (Å²) >= 11 is 1.89. The molecule has 1 aromatic carbocycles. The van der Waals surface area contributed by atoms with Gasteiger partial charge in [0, 0.05) is 17.9 Å². The highest BCUT2D eigenvalue weighted by molar-refractivity contribution is 8.00. The number of nitrogens with one attached hydrogen (secondary N) is 1. The zero-order valence-corrected chi connectivity index (χ0v) is 9.10. The van der Waals surface area contributed by atoms with E-state index in [9.17, 15) is 5.11 Å². The van der Waals surface area contributed by atoms with Gasteiger partial charge in [0.15, 0.2) is 0 Å². The van der Waals surface area contributed by atoms with Gasteiger partial charge >= 0.3 is 0 Å². The van der Waals surface area contributed by atoms with Crippen molar-refractivity contribution in [3.63, 3.8) is 0 Å². The second kappa shape index (κ2) is 3.83. The zero-order valence-electron chi connectivity index (χ0n) is 8.29. The molecular formula is C11H15NOS. The minimum absolute atomic E-state index is 0.0641. The van der Waals surface area contributed by atoms with Gasteiger partial charge in [0.2, 0.25) is 0 Å². The van der Waals surface area contributed by atoms with Crippen molar-refractivity contribution in [2.24, 2.45) is 0 Å². The maximum absolute atomic E-state index is 9.81. The highest BCUT2D eigenvalue weighted by Gasteiger charge is 2.35. The lowest BCUT2D eigenvalue weighted by atomic mass is 10.0. The highest BCUT2D eigenvalue weighted by atomic mass is 32.2. The predicted molar refractivity (Wildman–Crippen MR) is 60.5 cm³/mol. The summed E-state index contributed by atoms with van der Waals surface area (Å²) in [6.45, 7) is 3.17. The number of rotatable bonds is 2. The minimum atomic E-state index is -0.0641. The van der Waals surface area contributed by atoms with Crippen LogP contribution in [0.4, 0.5) is 0 Å². The highest BCUT2D eigenvalue weighted by Crippen LogP contribution is 2.43. The van der Waals surface area contributed by atoms with E-state index in [1.807, 2.05) is 30.0 Å². The third-order valence-corrected chi connectivity index (χ3v) is 4.25. The molecule has 0 aliphatic carbocycles. The van der Waals surface area contributed by atoms with Crippen molar-refractivity contribution in [2.45, 2.75) is 18.2 Å². The Morgan fingerprint density at radius 2 is 2.29 bits per heavy atom. The molecule has 0 saturated carbocycles. The molecule has 2 nitrogen and oxygen atoms in total. The van der Waals surface area contributed by atoms with Gasteiger partial charge in [-0.1, -0.05) is 25.1 Å². The van der Waals surface area contributed by atoms with Gasteiger partial charge in [-0.2, -0.15) is 0 Å². The molecule has 0 aromatic heterocycles. The van der Waals surface area contributed by atoms with E-state index < -0.39 is 0 Å². The molecule has 1 aromatic rings. The van der Waals surface area contributed by atoms with E-state index in [4.69, 9.17) is 0 Å². The van der Waals surface area contributed by atoms with E-state index in [0.29, 0.717) is 5.75 Å². The summed E-state index contributed by atoms with van der Waals surface area (Å²) in [5.74, 6) is 1.51. The summed E-state index contributed by atoms with van der Waals surface area (Å²) in [6.07, 6.45) is 0.995. The molecule has 1 aliphatic rings. The van der Waals surface area contributed by atoms with Crippen LogP contribution in [0.15, 0.2) is 24.3 Å². The van der Waals surface area contributed by atoms with Gasteiger partial charge in [0.25, 0.3) is 0 Å². The minimum Gasteiger partial charge on any atom is -0.508 e. The predicted octanol–water partition coefficient (Wildman–Crippen LogP) is 2.29. The van der Waals surface area contributed by atoms with Gasteiger partial charge in [-0.15, -0.1) is 11.8 Å². The van der Waals surface area contributed by atoms with Crippen molar-refractivity contribution in [2.75, 3.05) is 12.3 Å². The quantitative estimate of drug-likeness (QED) is 0.784. The maximum Gasteiger partial charge on any atom is 0.121 e. The van der Waals surface area contributed by atoms with Crippen LogP contribution in [0.1, 0.15) is 18.9 Å². The van der Waals surface area contributed by atoms with Crippen LogP contribution >= 0.6 is 11.8 Å². The first-order valence-electron chi connectivity index (χ1n) is 4.96. The summed E-state index contributed by atoms with van der Waals surface area (Å²) < 4.78 is 0. The largest absolute Gasteiger partial charge is 0.508 e. The van der Waals surface area contributed by atoms with Crippen molar-refractivity contribution in [3.8, 4) is 5.75 Å². The van der Waals surface area contributed by atoms with Crippen molar-refractivity contribution in [1.29, 1.82) is 0 Å². The number of benzene rings is 1. The van der Waals surface area contributed by atoms with Gasteiger partial charge in [0.1, 0.15) is 5.75 Å². The van der Waals surface area contributed by atoms with Gasteiger partial charge in [-0.25, -0.2) is 0 Å². The number of phenolic OH excluding ortho intramolecular Hbond substituents is 1. The number of thioether (sulfide) groups is 1. The Hall–Kier alpha value is -0.670.